The Hall–Kier alpha value is -0.830. The molecule has 0 radical (unpaired) electrons. The quantitative estimate of drug-likeness (QED) is 0.638. The Kier molecular flexibility index (Phi) is 4.14. The smallest absolute Gasteiger partial charge is 0.331 e. The second-order valence-corrected chi connectivity index (χ2v) is 3.92. The molecule has 1 atom stereocenters. The number of rotatable bonds is 6. The van der Waals surface area contributed by atoms with E-state index in [1.54, 1.807) is 6.08 Å². The highest BCUT2D eigenvalue weighted by Gasteiger charge is 2.26. The molecule has 3 nitrogen and oxygen atoms in total. The van der Waals surface area contributed by atoms with Crippen LogP contribution < -0.4 is 5.32 Å². The van der Waals surface area contributed by atoms with Gasteiger partial charge in [-0.2, -0.15) is 0 Å². The zero-order valence-electron chi connectivity index (χ0n) is 8.92. The fourth-order valence-corrected chi connectivity index (χ4v) is 1.51. The van der Waals surface area contributed by atoms with E-state index in [0.717, 1.165) is 5.92 Å². The summed E-state index contributed by atoms with van der Waals surface area (Å²) >= 11 is 0. The van der Waals surface area contributed by atoms with E-state index in [4.69, 9.17) is 5.11 Å². The standard InChI is InChI=1S/C11H19NO2/c1-3-9(11(13)14)6-7-12-8(2)10-4-5-10/h6,8,10,12H,3-5,7H2,1-2H3,(H,13,14). The number of carbonyl (C=O) groups is 1. The maximum Gasteiger partial charge on any atom is 0.331 e. The van der Waals surface area contributed by atoms with Gasteiger partial charge in [-0.25, -0.2) is 4.79 Å². The predicted molar refractivity (Wildman–Crippen MR) is 56.2 cm³/mol. The summed E-state index contributed by atoms with van der Waals surface area (Å²) in [6.07, 6.45) is 5.00. The third-order valence-electron chi connectivity index (χ3n) is 2.77. The molecule has 1 fully saturated rings. The molecule has 1 aliphatic carbocycles. The molecule has 14 heavy (non-hydrogen) atoms. The molecule has 0 spiro atoms. The molecule has 0 aromatic carbocycles. The molecule has 1 aliphatic rings. The van der Waals surface area contributed by atoms with Gasteiger partial charge in [-0.15, -0.1) is 0 Å². The lowest BCUT2D eigenvalue weighted by atomic mass is 10.2. The number of aliphatic carboxylic acids is 1. The Morgan fingerprint density at radius 2 is 2.29 bits per heavy atom. The van der Waals surface area contributed by atoms with E-state index in [0.29, 0.717) is 24.6 Å². The SMILES string of the molecule is CCC(=CCNC(C)C1CC1)C(=O)O. The summed E-state index contributed by atoms with van der Waals surface area (Å²) in [6, 6.07) is 0.526. The second kappa shape index (κ2) is 5.15. The Labute approximate surface area is 85.2 Å². The summed E-state index contributed by atoms with van der Waals surface area (Å²) in [5.41, 5.74) is 0.500. The van der Waals surface area contributed by atoms with Gasteiger partial charge in [0.25, 0.3) is 0 Å². The van der Waals surface area contributed by atoms with Crippen LogP contribution >= 0.6 is 0 Å². The molecule has 0 aliphatic heterocycles. The van der Waals surface area contributed by atoms with Crippen LogP contribution in [0.2, 0.25) is 0 Å². The molecular weight excluding hydrogens is 178 g/mol. The van der Waals surface area contributed by atoms with Gasteiger partial charge in [0, 0.05) is 18.2 Å². The summed E-state index contributed by atoms with van der Waals surface area (Å²) in [7, 11) is 0. The lowest BCUT2D eigenvalue weighted by Crippen LogP contribution is -2.28. The Morgan fingerprint density at radius 3 is 2.71 bits per heavy atom. The van der Waals surface area contributed by atoms with Gasteiger partial charge in [-0.1, -0.05) is 13.0 Å². The fraction of sp³-hybridized carbons (Fsp3) is 0.727. The Bertz CT molecular complexity index is 231. The Morgan fingerprint density at radius 1 is 1.64 bits per heavy atom. The predicted octanol–water partition coefficient (Wildman–Crippen LogP) is 1.80. The van der Waals surface area contributed by atoms with E-state index in [1.165, 1.54) is 12.8 Å². The second-order valence-electron chi connectivity index (χ2n) is 3.92. The molecule has 1 unspecified atom stereocenters. The largest absolute Gasteiger partial charge is 0.478 e. The Balaban J connectivity index is 2.25. The zero-order valence-corrected chi connectivity index (χ0v) is 8.92. The van der Waals surface area contributed by atoms with Crippen molar-refractivity contribution < 1.29 is 9.90 Å². The lowest BCUT2D eigenvalue weighted by molar-refractivity contribution is -0.132. The average Bonchev–Trinajstić information content (AvgIpc) is 2.94. The highest BCUT2D eigenvalue weighted by atomic mass is 16.4. The number of carboxylic acid groups (broad SMARTS) is 1. The van der Waals surface area contributed by atoms with Crippen molar-refractivity contribution in [3.63, 3.8) is 0 Å². The minimum atomic E-state index is -0.798. The minimum absolute atomic E-state index is 0.500. The third-order valence-corrected chi connectivity index (χ3v) is 2.77. The van der Waals surface area contributed by atoms with Crippen LogP contribution in [0.1, 0.15) is 33.1 Å². The van der Waals surface area contributed by atoms with E-state index in [1.807, 2.05) is 6.92 Å². The van der Waals surface area contributed by atoms with Gasteiger partial charge in [0.05, 0.1) is 0 Å². The van der Waals surface area contributed by atoms with Crippen molar-refractivity contribution in [3.05, 3.63) is 11.6 Å². The fourth-order valence-electron chi connectivity index (χ4n) is 1.51. The van der Waals surface area contributed by atoms with Crippen molar-refractivity contribution >= 4 is 5.97 Å². The minimum Gasteiger partial charge on any atom is -0.478 e. The van der Waals surface area contributed by atoms with Crippen LogP contribution in [-0.2, 0) is 4.79 Å². The number of nitrogens with one attached hydrogen (secondary N) is 1. The highest BCUT2D eigenvalue weighted by Crippen LogP contribution is 2.32. The average molecular weight is 197 g/mol. The van der Waals surface area contributed by atoms with Gasteiger partial charge in [0.1, 0.15) is 0 Å². The van der Waals surface area contributed by atoms with Gasteiger partial charge in [-0.05, 0) is 32.1 Å². The molecule has 0 amide bonds. The first kappa shape index (κ1) is 11.2. The molecule has 1 rings (SSSR count). The van der Waals surface area contributed by atoms with Crippen LogP contribution in [0, 0.1) is 5.92 Å². The van der Waals surface area contributed by atoms with Crippen LogP contribution in [0.4, 0.5) is 0 Å². The molecule has 2 N–H and O–H groups in total. The highest BCUT2D eigenvalue weighted by molar-refractivity contribution is 5.86. The van der Waals surface area contributed by atoms with E-state index in [2.05, 4.69) is 12.2 Å². The van der Waals surface area contributed by atoms with Crippen molar-refractivity contribution in [2.45, 2.75) is 39.2 Å². The molecule has 1 saturated carbocycles. The first-order valence-electron chi connectivity index (χ1n) is 5.30. The number of hydrogen-bond donors (Lipinski definition) is 2. The first-order valence-corrected chi connectivity index (χ1v) is 5.30. The maximum absolute atomic E-state index is 10.7. The molecule has 0 saturated heterocycles. The van der Waals surface area contributed by atoms with E-state index in [9.17, 15) is 4.79 Å². The normalized spacial score (nSPS) is 19.4. The van der Waals surface area contributed by atoms with Crippen molar-refractivity contribution in [2.75, 3.05) is 6.54 Å². The monoisotopic (exact) mass is 197 g/mol. The molecule has 0 aromatic rings. The summed E-state index contributed by atoms with van der Waals surface area (Å²) in [5, 5.41) is 12.1. The molecule has 0 bridgehead atoms. The molecule has 3 heteroatoms. The van der Waals surface area contributed by atoms with E-state index >= 15 is 0 Å². The zero-order chi connectivity index (χ0) is 10.6. The molecule has 0 heterocycles. The van der Waals surface area contributed by atoms with Gasteiger partial charge in [0.2, 0.25) is 0 Å². The molecular formula is C11H19NO2. The van der Waals surface area contributed by atoms with Crippen LogP contribution in [0.3, 0.4) is 0 Å². The van der Waals surface area contributed by atoms with Crippen molar-refractivity contribution in [3.8, 4) is 0 Å². The van der Waals surface area contributed by atoms with Gasteiger partial charge in [0.15, 0.2) is 0 Å². The van der Waals surface area contributed by atoms with Crippen molar-refractivity contribution in [1.82, 2.24) is 5.32 Å². The summed E-state index contributed by atoms with van der Waals surface area (Å²) in [4.78, 5) is 10.7. The lowest BCUT2D eigenvalue weighted by Gasteiger charge is -2.10. The molecule has 0 aromatic heterocycles. The number of hydrogen-bond acceptors (Lipinski definition) is 2. The third kappa shape index (κ3) is 3.50. The van der Waals surface area contributed by atoms with Crippen LogP contribution in [0.5, 0.6) is 0 Å². The van der Waals surface area contributed by atoms with Crippen LogP contribution in [0.15, 0.2) is 11.6 Å². The van der Waals surface area contributed by atoms with E-state index < -0.39 is 5.97 Å². The number of carboxylic acids is 1. The van der Waals surface area contributed by atoms with E-state index in [-0.39, 0.29) is 0 Å². The van der Waals surface area contributed by atoms with Crippen LogP contribution in [-0.4, -0.2) is 23.7 Å². The van der Waals surface area contributed by atoms with Gasteiger partial charge >= 0.3 is 5.97 Å². The maximum atomic E-state index is 10.7. The first-order chi connectivity index (χ1) is 6.65. The van der Waals surface area contributed by atoms with Gasteiger partial charge < -0.3 is 10.4 Å². The van der Waals surface area contributed by atoms with Crippen LogP contribution in [0.25, 0.3) is 0 Å². The summed E-state index contributed by atoms with van der Waals surface area (Å²) < 4.78 is 0. The van der Waals surface area contributed by atoms with Crippen molar-refractivity contribution in [1.29, 1.82) is 0 Å². The summed E-state index contributed by atoms with van der Waals surface area (Å²) in [6.45, 7) is 4.70. The molecule has 80 valence electrons. The van der Waals surface area contributed by atoms with Crippen molar-refractivity contribution in [2.24, 2.45) is 5.92 Å². The summed E-state index contributed by atoms with van der Waals surface area (Å²) in [5.74, 6) is 0.0201. The van der Waals surface area contributed by atoms with Gasteiger partial charge in [-0.3, -0.25) is 0 Å². The topological polar surface area (TPSA) is 49.3 Å².